The maximum atomic E-state index is 12.0. The molecule has 1 aromatic carbocycles. The maximum Gasteiger partial charge on any atom is 0.319 e. The molecular formula is C18H24N4O3. The van der Waals surface area contributed by atoms with Gasteiger partial charge in [-0.2, -0.15) is 5.26 Å². The molecule has 0 atom stereocenters. The SMILES string of the molecule is CCOc1ccc(C#N)cc1NC(=O)NCC(=O)NC1CCCCC1. The highest BCUT2D eigenvalue weighted by Crippen LogP contribution is 2.25. The van der Waals surface area contributed by atoms with E-state index in [2.05, 4.69) is 16.0 Å². The maximum absolute atomic E-state index is 12.0. The highest BCUT2D eigenvalue weighted by Gasteiger charge is 2.16. The van der Waals surface area contributed by atoms with Crippen molar-refractivity contribution in [2.75, 3.05) is 18.5 Å². The number of hydrogen-bond donors (Lipinski definition) is 3. The summed E-state index contributed by atoms with van der Waals surface area (Å²) in [5.41, 5.74) is 0.805. The molecular weight excluding hydrogens is 320 g/mol. The van der Waals surface area contributed by atoms with Gasteiger partial charge in [-0.15, -0.1) is 0 Å². The van der Waals surface area contributed by atoms with Crippen LogP contribution in [0.25, 0.3) is 0 Å². The zero-order valence-corrected chi connectivity index (χ0v) is 14.4. The molecule has 1 aliphatic rings. The average molecular weight is 344 g/mol. The summed E-state index contributed by atoms with van der Waals surface area (Å²) in [6.07, 6.45) is 5.48. The molecule has 25 heavy (non-hydrogen) atoms. The first kappa shape index (κ1) is 18.6. The number of amides is 3. The van der Waals surface area contributed by atoms with E-state index in [1.807, 2.05) is 13.0 Å². The smallest absolute Gasteiger partial charge is 0.319 e. The molecule has 0 saturated heterocycles. The number of carbonyl (C=O) groups is 2. The van der Waals surface area contributed by atoms with Gasteiger partial charge in [0.1, 0.15) is 5.75 Å². The highest BCUT2D eigenvalue weighted by molar-refractivity contribution is 5.93. The van der Waals surface area contributed by atoms with E-state index in [9.17, 15) is 9.59 Å². The fourth-order valence-electron chi connectivity index (χ4n) is 2.83. The number of hydrogen-bond acceptors (Lipinski definition) is 4. The van der Waals surface area contributed by atoms with Crippen molar-refractivity contribution in [3.63, 3.8) is 0 Å². The summed E-state index contributed by atoms with van der Waals surface area (Å²) in [6.45, 7) is 2.17. The molecule has 1 aliphatic carbocycles. The molecule has 7 heteroatoms. The molecule has 0 aliphatic heterocycles. The van der Waals surface area contributed by atoms with Gasteiger partial charge in [-0.05, 0) is 38.0 Å². The summed E-state index contributed by atoms with van der Waals surface area (Å²) in [4.78, 5) is 23.9. The third-order valence-corrected chi connectivity index (χ3v) is 4.04. The van der Waals surface area contributed by atoms with E-state index in [0.29, 0.717) is 23.6 Å². The van der Waals surface area contributed by atoms with Crippen LogP contribution in [-0.4, -0.2) is 31.1 Å². The summed E-state index contributed by atoms with van der Waals surface area (Å²) in [6, 6.07) is 6.49. The minimum atomic E-state index is -0.519. The Morgan fingerprint density at radius 1 is 1.28 bits per heavy atom. The van der Waals surface area contributed by atoms with Crippen molar-refractivity contribution in [2.45, 2.75) is 45.1 Å². The van der Waals surface area contributed by atoms with Crippen molar-refractivity contribution in [1.29, 1.82) is 5.26 Å². The van der Waals surface area contributed by atoms with Crippen molar-refractivity contribution in [3.05, 3.63) is 23.8 Å². The van der Waals surface area contributed by atoms with Gasteiger partial charge in [-0.3, -0.25) is 4.79 Å². The van der Waals surface area contributed by atoms with Crippen LogP contribution in [0.2, 0.25) is 0 Å². The van der Waals surface area contributed by atoms with Crippen LogP contribution in [0.1, 0.15) is 44.6 Å². The van der Waals surface area contributed by atoms with Crippen LogP contribution in [0, 0.1) is 11.3 Å². The van der Waals surface area contributed by atoms with Crippen LogP contribution in [-0.2, 0) is 4.79 Å². The molecule has 0 heterocycles. The largest absolute Gasteiger partial charge is 0.492 e. The average Bonchev–Trinajstić information content (AvgIpc) is 2.62. The molecule has 0 aromatic heterocycles. The number of ether oxygens (including phenoxy) is 1. The van der Waals surface area contributed by atoms with Gasteiger partial charge < -0.3 is 20.7 Å². The Morgan fingerprint density at radius 2 is 2.04 bits per heavy atom. The molecule has 7 nitrogen and oxygen atoms in total. The number of nitrogens with one attached hydrogen (secondary N) is 3. The Labute approximate surface area is 147 Å². The second kappa shape index (κ2) is 9.52. The van der Waals surface area contributed by atoms with Crippen LogP contribution in [0.3, 0.4) is 0 Å². The number of nitrogens with zero attached hydrogens (tertiary/aromatic N) is 1. The molecule has 3 amide bonds. The summed E-state index contributed by atoms with van der Waals surface area (Å²) >= 11 is 0. The van der Waals surface area contributed by atoms with Crippen molar-refractivity contribution >= 4 is 17.6 Å². The molecule has 0 bridgehead atoms. The highest BCUT2D eigenvalue weighted by atomic mass is 16.5. The zero-order valence-electron chi connectivity index (χ0n) is 14.4. The van der Waals surface area contributed by atoms with Crippen LogP contribution in [0.5, 0.6) is 5.75 Å². The van der Waals surface area contributed by atoms with E-state index in [1.54, 1.807) is 12.1 Å². The fraction of sp³-hybridized carbons (Fsp3) is 0.500. The quantitative estimate of drug-likeness (QED) is 0.737. The number of carbonyl (C=O) groups excluding carboxylic acids is 2. The monoisotopic (exact) mass is 344 g/mol. The first-order valence-corrected chi connectivity index (χ1v) is 8.63. The first-order chi connectivity index (χ1) is 12.1. The summed E-state index contributed by atoms with van der Waals surface area (Å²) < 4.78 is 5.43. The van der Waals surface area contributed by atoms with Crippen molar-refractivity contribution < 1.29 is 14.3 Å². The summed E-state index contributed by atoms with van der Waals surface area (Å²) in [5, 5.41) is 17.1. The van der Waals surface area contributed by atoms with Gasteiger partial charge in [0.15, 0.2) is 0 Å². The van der Waals surface area contributed by atoms with Gasteiger partial charge in [0.2, 0.25) is 5.91 Å². The van der Waals surface area contributed by atoms with Crippen LogP contribution >= 0.6 is 0 Å². The van der Waals surface area contributed by atoms with E-state index >= 15 is 0 Å². The number of nitriles is 1. The fourth-order valence-corrected chi connectivity index (χ4v) is 2.83. The Kier molecular flexibility index (Phi) is 7.08. The Hall–Kier alpha value is -2.75. The molecule has 0 radical (unpaired) electrons. The second-order valence-corrected chi connectivity index (χ2v) is 5.97. The minimum Gasteiger partial charge on any atom is -0.492 e. The Morgan fingerprint density at radius 3 is 2.72 bits per heavy atom. The summed E-state index contributed by atoms with van der Waals surface area (Å²) in [5.74, 6) is 0.279. The van der Waals surface area contributed by atoms with Gasteiger partial charge >= 0.3 is 6.03 Å². The number of anilines is 1. The van der Waals surface area contributed by atoms with Gasteiger partial charge in [0.25, 0.3) is 0 Å². The molecule has 134 valence electrons. The van der Waals surface area contributed by atoms with Crippen molar-refractivity contribution in [2.24, 2.45) is 0 Å². The molecule has 1 aromatic rings. The molecule has 3 N–H and O–H groups in total. The molecule has 0 spiro atoms. The van der Waals surface area contributed by atoms with E-state index in [-0.39, 0.29) is 18.5 Å². The zero-order chi connectivity index (χ0) is 18.1. The minimum absolute atomic E-state index is 0.0930. The van der Waals surface area contributed by atoms with E-state index in [0.717, 1.165) is 25.7 Å². The van der Waals surface area contributed by atoms with Crippen LogP contribution in [0.15, 0.2) is 18.2 Å². The standard InChI is InChI=1S/C18H24N4O3/c1-2-25-16-9-8-13(11-19)10-15(16)22-18(24)20-12-17(23)21-14-6-4-3-5-7-14/h8-10,14H,2-7,12H2,1H3,(H,21,23)(H2,20,22,24). The molecule has 1 saturated carbocycles. The summed E-state index contributed by atoms with van der Waals surface area (Å²) in [7, 11) is 0. The van der Waals surface area contributed by atoms with Gasteiger partial charge in [-0.1, -0.05) is 19.3 Å². The van der Waals surface area contributed by atoms with Crippen LogP contribution in [0.4, 0.5) is 10.5 Å². The Balaban J connectivity index is 1.85. The van der Waals surface area contributed by atoms with Gasteiger partial charge in [0, 0.05) is 6.04 Å². The second-order valence-electron chi connectivity index (χ2n) is 5.97. The molecule has 1 fully saturated rings. The normalized spacial score (nSPS) is 14.2. The molecule has 0 unspecified atom stereocenters. The van der Waals surface area contributed by atoms with Gasteiger partial charge in [-0.25, -0.2) is 4.79 Å². The lowest BCUT2D eigenvalue weighted by Gasteiger charge is -2.22. The topological polar surface area (TPSA) is 103 Å². The third-order valence-electron chi connectivity index (χ3n) is 4.04. The number of urea groups is 1. The van der Waals surface area contributed by atoms with E-state index in [4.69, 9.17) is 10.00 Å². The lowest BCUT2D eigenvalue weighted by atomic mass is 9.95. The van der Waals surface area contributed by atoms with E-state index < -0.39 is 6.03 Å². The third kappa shape index (κ3) is 5.99. The predicted octanol–water partition coefficient (Wildman–Crippen LogP) is 2.53. The predicted molar refractivity (Wildman–Crippen MR) is 94.4 cm³/mol. The Bertz CT molecular complexity index is 648. The first-order valence-electron chi connectivity index (χ1n) is 8.63. The van der Waals surface area contributed by atoms with Crippen LogP contribution < -0.4 is 20.7 Å². The number of rotatable bonds is 6. The lowest BCUT2D eigenvalue weighted by Crippen LogP contribution is -2.43. The van der Waals surface area contributed by atoms with E-state index in [1.165, 1.54) is 12.5 Å². The van der Waals surface area contributed by atoms with Gasteiger partial charge in [0.05, 0.1) is 30.5 Å². The molecule has 2 rings (SSSR count). The van der Waals surface area contributed by atoms with Crippen molar-refractivity contribution in [1.82, 2.24) is 10.6 Å². The van der Waals surface area contributed by atoms with Crippen molar-refractivity contribution in [3.8, 4) is 11.8 Å². The lowest BCUT2D eigenvalue weighted by molar-refractivity contribution is -0.120. The number of benzene rings is 1.